The van der Waals surface area contributed by atoms with Gasteiger partial charge in [0.15, 0.2) is 5.72 Å². The minimum absolute atomic E-state index is 0.0437. The maximum atomic E-state index is 16.6. The molecule has 2 aliphatic rings. The van der Waals surface area contributed by atoms with Gasteiger partial charge in [0, 0.05) is 31.3 Å². The molecule has 1 saturated carbocycles. The van der Waals surface area contributed by atoms with Gasteiger partial charge in [-0.15, -0.1) is 0 Å². The molecule has 1 aliphatic heterocycles. The van der Waals surface area contributed by atoms with Crippen molar-refractivity contribution in [2.45, 2.75) is 44.4 Å². The molecule has 10 heteroatoms. The van der Waals surface area contributed by atoms with Gasteiger partial charge in [-0.2, -0.15) is 0 Å². The number of nitrogens with two attached hydrogens (primary N) is 1. The van der Waals surface area contributed by atoms with Crippen LogP contribution in [0, 0.1) is 18.2 Å². The number of nitrogens with zero attached hydrogens (tertiary/aromatic N) is 4. The van der Waals surface area contributed by atoms with E-state index in [0.29, 0.717) is 11.3 Å². The number of carbonyl (C=O) groups excluding carboxylic acids is 1. The van der Waals surface area contributed by atoms with Crippen LogP contribution in [-0.2, 0) is 23.1 Å². The molecule has 0 radical (unpaired) electrons. The van der Waals surface area contributed by atoms with Gasteiger partial charge in [-0.05, 0) is 43.9 Å². The largest absolute Gasteiger partial charge is 0.396 e. The van der Waals surface area contributed by atoms with E-state index in [-0.39, 0.29) is 48.7 Å². The molecule has 4 N–H and O–H groups in total. The zero-order chi connectivity index (χ0) is 28.9. The Morgan fingerprint density at radius 2 is 1.98 bits per heavy atom. The Morgan fingerprint density at radius 1 is 1.27 bits per heavy atom. The molecular weight excluding hydrogens is 513 g/mol. The number of ether oxygens (including phenoxy) is 1. The Balaban J connectivity index is 1.75. The first-order chi connectivity index (χ1) is 19.0. The van der Waals surface area contributed by atoms with Gasteiger partial charge in [0.2, 0.25) is 0 Å². The summed E-state index contributed by atoms with van der Waals surface area (Å²) in [5.74, 6) is -1.03. The molecule has 2 atom stereocenters. The van der Waals surface area contributed by atoms with Crippen LogP contribution in [0.15, 0.2) is 53.9 Å². The Morgan fingerprint density at radius 3 is 2.52 bits per heavy atom. The van der Waals surface area contributed by atoms with Crippen molar-refractivity contribution in [1.29, 1.82) is 0 Å². The monoisotopic (exact) mass is 549 g/mol. The predicted molar refractivity (Wildman–Crippen MR) is 148 cm³/mol. The molecule has 40 heavy (non-hydrogen) atoms. The first-order valence-corrected chi connectivity index (χ1v) is 13.4. The summed E-state index contributed by atoms with van der Waals surface area (Å²) in [5, 5.41) is 21.8. The second kappa shape index (κ2) is 10.1. The van der Waals surface area contributed by atoms with Gasteiger partial charge >= 0.3 is 0 Å². The summed E-state index contributed by atoms with van der Waals surface area (Å²) in [7, 11) is 3.30. The summed E-state index contributed by atoms with van der Waals surface area (Å²) < 4.78 is 24.9. The number of aryl methyl sites for hydroxylation is 2. The van der Waals surface area contributed by atoms with Crippen LogP contribution >= 0.6 is 0 Å². The highest BCUT2D eigenvalue weighted by Crippen LogP contribution is 2.52. The molecule has 0 bridgehead atoms. The second-order valence-corrected chi connectivity index (χ2v) is 11.1. The molecule has 2 aromatic carbocycles. The summed E-state index contributed by atoms with van der Waals surface area (Å²) in [5.41, 5.74) is 4.60. The van der Waals surface area contributed by atoms with Crippen LogP contribution in [0.2, 0.25) is 0 Å². The van der Waals surface area contributed by atoms with Crippen molar-refractivity contribution in [3.05, 3.63) is 88.3 Å². The standard InChI is InChI=1S/C30H36FN5O4/c1-5-29(39,24-14-35(4)18-34-24)21-12-22-26(23(31)13-21)30(20-8-6-19(2)7-9-20,40-17-28(16-37)10-11-28)36(27(22)38)15-25(32)33-3/h6-9,12-14,18,37,39H,5,10-11,15-17H2,1-4H3,(H2,32,33)/t29?,30-/m1/s1. The van der Waals surface area contributed by atoms with E-state index >= 15 is 4.39 Å². The van der Waals surface area contributed by atoms with Crippen molar-refractivity contribution < 1.29 is 24.1 Å². The van der Waals surface area contributed by atoms with E-state index in [1.54, 1.807) is 31.1 Å². The van der Waals surface area contributed by atoms with Crippen molar-refractivity contribution >= 4 is 11.7 Å². The molecule has 1 unspecified atom stereocenters. The van der Waals surface area contributed by atoms with Gasteiger partial charge in [-0.3, -0.25) is 14.7 Å². The maximum Gasteiger partial charge on any atom is 0.257 e. The van der Waals surface area contributed by atoms with Gasteiger partial charge in [0.1, 0.15) is 17.3 Å². The molecule has 1 amide bonds. The maximum absolute atomic E-state index is 16.6. The number of carbonyl (C=O) groups is 1. The number of halogens is 1. The minimum Gasteiger partial charge on any atom is -0.396 e. The zero-order valence-electron chi connectivity index (χ0n) is 23.3. The van der Waals surface area contributed by atoms with E-state index in [9.17, 15) is 15.0 Å². The zero-order valence-corrected chi connectivity index (χ0v) is 23.3. The first kappa shape index (κ1) is 27.9. The smallest absolute Gasteiger partial charge is 0.257 e. The lowest BCUT2D eigenvalue weighted by Gasteiger charge is -2.40. The molecule has 0 saturated heterocycles. The molecule has 5 rings (SSSR count). The van der Waals surface area contributed by atoms with Gasteiger partial charge in [-0.25, -0.2) is 9.37 Å². The summed E-state index contributed by atoms with van der Waals surface area (Å²) in [4.78, 5) is 24.0. The van der Waals surface area contributed by atoms with Crippen LogP contribution in [0.1, 0.15) is 64.5 Å². The van der Waals surface area contributed by atoms with E-state index in [2.05, 4.69) is 9.98 Å². The van der Waals surface area contributed by atoms with Gasteiger partial charge in [0.25, 0.3) is 5.91 Å². The van der Waals surface area contributed by atoms with Crippen LogP contribution in [-0.4, -0.2) is 63.2 Å². The van der Waals surface area contributed by atoms with Crippen molar-refractivity contribution in [1.82, 2.24) is 14.5 Å². The van der Waals surface area contributed by atoms with E-state index in [0.717, 1.165) is 18.4 Å². The fourth-order valence-electron chi connectivity index (χ4n) is 5.45. The molecule has 1 aliphatic carbocycles. The molecule has 0 spiro atoms. The number of aliphatic imine (C=N–C) groups is 1. The fourth-order valence-corrected chi connectivity index (χ4v) is 5.45. The quantitative estimate of drug-likeness (QED) is 0.264. The highest BCUT2D eigenvalue weighted by atomic mass is 19.1. The normalized spacial score (nSPS) is 21.4. The fraction of sp³-hybridized carbons (Fsp3) is 0.433. The number of rotatable bonds is 10. The Hall–Kier alpha value is -3.60. The van der Waals surface area contributed by atoms with Crippen molar-refractivity contribution in [3.8, 4) is 0 Å². The number of aliphatic hydroxyl groups excluding tert-OH is 1. The number of imidazole rings is 1. The molecule has 212 valence electrons. The lowest BCUT2D eigenvalue weighted by atomic mass is 9.84. The summed E-state index contributed by atoms with van der Waals surface area (Å²) in [6.07, 6.45) is 4.97. The van der Waals surface area contributed by atoms with Gasteiger partial charge in [-0.1, -0.05) is 36.8 Å². The number of hydrogen-bond donors (Lipinski definition) is 3. The van der Waals surface area contributed by atoms with E-state index in [1.807, 2.05) is 31.2 Å². The van der Waals surface area contributed by atoms with Crippen molar-refractivity contribution in [2.75, 3.05) is 26.8 Å². The molecule has 3 aromatic rings. The van der Waals surface area contributed by atoms with Crippen LogP contribution in [0.3, 0.4) is 0 Å². The van der Waals surface area contributed by atoms with Crippen molar-refractivity contribution in [3.63, 3.8) is 0 Å². The summed E-state index contributed by atoms with van der Waals surface area (Å²) in [6.45, 7) is 3.63. The number of amides is 1. The Labute approximate surface area is 233 Å². The third kappa shape index (κ3) is 4.40. The summed E-state index contributed by atoms with van der Waals surface area (Å²) >= 11 is 0. The SMILES string of the molecule is CCC(O)(c1cc(F)c2c(c1)C(=O)N(CC(N)=NC)[C@@]2(OCC1(CO)CC1)c1ccc(C)cc1)c1cn(C)cn1. The summed E-state index contributed by atoms with van der Waals surface area (Å²) in [6, 6.07) is 10.2. The molecule has 1 fully saturated rings. The highest BCUT2D eigenvalue weighted by Gasteiger charge is 2.57. The van der Waals surface area contributed by atoms with Crippen molar-refractivity contribution in [2.24, 2.45) is 23.2 Å². The first-order valence-electron chi connectivity index (χ1n) is 13.4. The van der Waals surface area contributed by atoms with Gasteiger partial charge in [0.05, 0.1) is 42.9 Å². The topological polar surface area (TPSA) is 126 Å². The average Bonchev–Trinajstić information content (AvgIpc) is 3.54. The molecule has 9 nitrogen and oxygen atoms in total. The van der Waals surface area contributed by atoms with Crippen LogP contribution < -0.4 is 5.73 Å². The number of amidine groups is 1. The van der Waals surface area contributed by atoms with E-state index < -0.39 is 28.5 Å². The predicted octanol–water partition coefficient (Wildman–Crippen LogP) is 2.95. The number of aliphatic hydroxyl groups is 2. The number of aromatic nitrogens is 2. The number of fused-ring (bicyclic) bond motifs is 1. The van der Waals surface area contributed by atoms with Crippen LogP contribution in [0.25, 0.3) is 0 Å². The third-order valence-corrected chi connectivity index (χ3v) is 8.33. The number of benzene rings is 2. The van der Waals surface area contributed by atoms with E-state index in [1.165, 1.54) is 24.1 Å². The van der Waals surface area contributed by atoms with E-state index in [4.69, 9.17) is 10.5 Å². The molecular formula is C30H36FN5O4. The lowest BCUT2D eigenvalue weighted by molar-refractivity contribution is -0.122. The Bertz CT molecular complexity index is 1470. The minimum atomic E-state index is -1.67. The third-order valence-electron chi connectivity index (χ3n) is 8.33. The highest BCUT2D eigenvalue weighted by molar-refractivity contribution is 6.03. The number of hydrogen-bond acceptors (Lipinski definition) is 6. The lowest BCUT2D eigenvalue weighted by Crippen LogP contribution is -2.51. The van der Waals surface area contributed by atoms with Gasteiger partial charge < -0.3 is 25.3 Å². The van der Waals surface area contributed by atoms with Crippen LogP contribution in [0.4, 0.5) is 4.39 Å². The second-order valence-electron chi connectivity index (χ2n) is 11.1. The van der Waals surface area contributed by atoms with Crippen LogP contribution in [0.5, 0.6) is 0 Å². The Kier molecular flexibility index (Phi) is 7.06. The molecule has 1 aromatic heterocycles. The molecule has 2 heterocycles. The average molecular weight is 550 g/mol.